The van der Waals surface area contributed by atoms with Crippen molar-refractivity contribution in [3.63, 3.8) is 0 Å². The lowest BCUT2D eigenvalue weighted by Crippen LogP contribution is -2.51. The quantitative estimate of drug-likeness (QED) is 0.818. The van der Waals surface area contributed by atoms with Crippen molar-refractivity contribution < 1.29 is 13.2 Å². The first-order chi connectivity index (χ1) is 10.2. The van der Waals surface area contributed by atoms with Gasteiger partial charge < -0.3 is 14.8 Å². The molecular weight excluding hydrogens is 340 g/mol. The highest BCUT2D eigenvalue weighted by atomic mass is 35.5. The Morgan fingerprint density at radius 2 is 2.09 bits per heavy atom. The van der Waals surface area contributed by atoms with Crippen molar-refractivity contribution in [3.05, 3.63) is 18.0 Å². The maximum atomic E-state index is 12.5. The number of rotatable bonds is 4. The molecule has 1 amide bonds. The second-order valence-electron chi connectivity index (χ2n) is 5.98. The van der Waals surface area contributed by atoms with Crippen molar-refractivity contribution >= 4 is 28.3 Å². The van der Waals surface area contributed by atoms with Crippen LogP contribution in [-0.4, -0.2) is 56.5 Å². The summed E-state index contributed by atoms with van der Waals surface area (Å²) in [6, 6.07) is 1.38. The minimum Gasteiger partial charge on any atom is -0.345 e. The van der Waals surface area contributed by atoms with E-state index in [1.165, 1.54) is 17.2 Å². The molecule has 0 spiro atoms. The third kappa shape index (κ3) is 4.47. The summed E-state index contributed by atoms with van der Waals surface area (Å²) in [7, 11) is 1.30. The summed E-state index contributed by atoms with van der Waals surface area (Å²) in [5.41, 5.74) is 0.347. The summed E-state index contributed by atoms with van der Waals surface area (Å²) in [5, 5.41) is 3.26. The predicted molar refractivity (Wildman–Crippen MR) is 91.5 cm³/mol. The van der Waals surface area contributed by atoms with Crippen LogP contribution >= 0.6 is 12.4 Å². The zero-order valence-corrected chi connectivity index (χ0v) is 15.5. The third-order valence-electron chi connectivity index (χ3n) is 3.98. The summed E-state index contributed by atoms with van der Waals surface area (Å²) in [6.07, 6.45) is 3.22. The number of amides is 1. The molecule has 1 aliphatic heterocycles. The predicted octanol–water partition coefficient (Wildman–Crippen LogP) is 0.567. The van der Waals surface area contributed by atoms with Crippen LogP contribution in [0.5, 0.6) is 0 Å². The second-order valence-corrected chi connectivity index (χ2v) is 7.70. The number of aryl methyl sites for hydroxylation is 1. The maximum absolute atomic E-state index is 12.5. The van der Waals surface area contributed by atoms with Gasteiger partial charge in [0.25, 0.3) is 5.91 Å². The Morgan fingerprint density at radius 3 is 2.65 bits per heavy atom. The van der Waals surface area contributed by atoms with Crippen LogP contribution < -0.4 is 10.0 Å². The molecule has 0 radical (unpaired) electrons. The van der Waals surface area contributed by atoms with E-state index in [-0.39, 0.29) is 35.3 Å². The van der Waals surface area contributed by atoms with Gasteiger partial charge in [-0.15, -0.1) is 12.4 Å². The summed E-state index contributed by atoms with van der Waals surface area (Å²) < 4.78 is 29.3. The Labute approximate surface area is 143 Å². The Hall–Kier alpha value is -1.09. The number of carbonyl (C=O) groups excluding carboxylic acids is 1. The van der Waals surface area contributed by atoms with E-state index in [4.69, 9.17) is 0 Å². The summed E-state index contributed by atoms with van der Waals surface area (Å²) in [4.78, 5) is 13.6. The van der Waals surface area contributed by atoms with Crippen LogP contribution in [0.3, 0.4) is 0 Å². The molecule has 1 aromatic heterocycles. The fourth-order valence-electron chi connectivity index (χ4n) is 2.60. The number of nitrogens with zero attached hydrogens (tertiary/aromatic N) is 2. The molecule has 7 nitrogen and oxygen atoms in total. The second kappa shape index (κ2) is 7.65. The highest BCUT2D eigenvalue weighted by Gasteiger charge is 2.28. The van der Waals surface area contributed by atoms with Gasteiger partial charge in [-0.3, -0.25) is 4.79 Å². The number of sulfonamides is 1. The van der Waals surface area contributed by atoms with Crippen LogP contribution in [0.25, 0.3) is 0 Å². The molecule has 1 aliphatic rings. The maximum Gasteiger partial charge on any atom is 0.269 e. The van der Waals surface area contributed by atoms with E-state index in [1.807, 2.05) is 6.92 Å². The molecule has 0 aromatic carbocycles. The van der Waals surface area contributed by atoms with E-state index < -0.39 is 10.0 Å². The topological polar surface area (TPSA) is 83.4 Å². The van der Waals surface area contributed by atoms with Gasteiger partial charge in [-0.2, -0.15) is 0 Å². The van der Waals surface area contributed by atoms with Gasteiger partial charge in [0.2, 0.25) is 10.0 Å². The molecule has 1 saturated heterocycles. The molecule has 132 valence electrons. The third-order valence-corrected chi connectivity index (χ3v) is 5.44. The average Bonchev–Trinajstić information content (AvgIpc) is 2.83. The van der Waals surface area contributed by atoms with Crippen LogP contribution in [-0.2, 0) is 17.1 Å². The van der Waals surface area contributed by atoms with Crippen molar-refractivity contribution in [1.82, 2.24) is 19.5 Å². The summed E-state index contributed by atoms with van der Waals surface area (Å²) in [5.74, 6) is -0.225. The lowest BCUT2D eigenvalue weighted by molar-refractivity contribution is 0.0818. The number of hydrogen-bond acceptors (Lipinski definition) is 4. The van der Waals surface area contributed by atoms with Crippen LogP contribution in [0.15, 0.2) is 17.2 Å². The van der Waals surface area contributed by atoms with E-state index in [9.17, 15) is 13.2 Å². The van der Waals surface area contributed by atoms with Crippen LogP contribution in [0.1, 0.15) is 30.3 Å². The molecule has 23 heavy (non-hydrogen) atoms. The normalized spacial score (nSPS) is 21.6. The van der Waals surface area contributed by atoms with Crippen molar-refractivity contribution in [2.45, 2.75) is 36.7 Å². The van der Waals surface area contributed by atoms with Gasteiger partial charge in [0.1, 0.15) is 10.6 Å². The highest BCUT2D eigenvalue weighted by Crippen LogP contribution is 2.17. The van der Waals surface area contributed by atoms with Crippen LogP contribution in [0, 0.1) is 0 Å². The highest BCUT2D eigenvalue weighted by molar-refractivity contribution is 7.89. The summed E-state index contributed by atoms with van der Waals surface area (Å²) in [6.45, 7) is 2.88. The van der Waals surface area contributed by atoms with Gasteiger partial charge in [0.15, 0.2) is 0 Å². The minimum absolute atomic E-state index is 0. The number of hydrogen-bond donors (Lipinski definition) is 2. The smallest absolute Gasteiger partial charge is 0.269 e. The van der Waals surface area contributed by atoms with Crippen molar-refractivity contribution in [3.8, 4) is 0 Å². The number of aromatic nitrogens is 1. The Bertz CT molecular complexity index is 657. The van der Waals surface area contributed by atoms with Gasteiger partial charge in [0.05, 0.1) is 0 Å². The number of nitrogens with one attached hydrogen (secondary N) is 2. The number of carbonyl (C=O) groups is 1. The standard InChI is InChI=1S/C14H24N4O3S.ClH/c1-10-12(6-5-7-15-10)16-22(20,21)11-8-13(18(4)9-11)14(19)17(2)3;/h8-10,12,15-16H,5-7H2,1-4H3;1H. The van der Waals surface area contributed by atoms with Crippen molar-refractivity contribution in [2.24, 2.45) is 7.05 Å². The summed E-state index contributed by atoms with van der Waals surface area (Å²) >= 11 is 0. The molecule has 0 aliphatic carbocycles. The van der Waals surface area contributed by atoms with E-state index in [1.54, 1.807) is 25.7 Å². The van der Waals surface area contributed by atoms with Gasteiger partial charge in [0, 0.05) is 39.4 Å². The van der Waals surface area contributed by atoms with E-state index >= 15 is 0 Å². The van der Waals surface area contributed by atoms with E-state index in [2.05, 4.69) is 10.0 Å². The van der Waals surface area contributed by atoms with Crippen LogP contribution in [0.4, 0.5) is 0 Å². The first-order valence-corrected chi connectivity index (χ1v) is 8.84. The van der Waals surface area contributed by atoms with Gasteiger partial charge in [-0.25, -0.2) is 13.1 Å². The molecule has 9 heteroatoms. The Balaban J connectivity index is 0.00000264. The van der Waals surface area contributed by atoms with E-state index in [0.29, 0.717) is 5.69 Å². The fourth-order valence-corrected chi connectivity index (χ4v) is 4.02. The average molecular weight is 365 g/mol. The monoisotopic (exact) mass is 364 g/mol. The first kappa shape index (κ1) is 20.0. The lowest BCUT2D eigenvalue weighted by Gasteiger charge is -2.30. The first-order valence-electron chi connectivity index (χ1n) is 7.36. The molecular formula is C14H25ClN4O3S. The molecule has 1 aromatic rings. The molecule has 2 unspecified atom stereocenters. The Kier molecular flexibility index (Phi) is 6.64. The minimum atomic E-state index is -3.64. The van der Waals surface area contributed by atoms with Gasteiger partial charge >= 0.3 is 0 Å². The van der Waals surface area contributed by atoms with Crippen molar-refractivity contribution in [1.29, 1.82) is 0 Å². The largest absolute Gasteiger partial charge is 0.345 e. The molecule has 0 bridgehead atoms. The molecule has 2 N–H and O–H groups in total. The molecule has 2 atom stereocenters. The number of piperidine rings is 1. The zero-order valence-electron chi connectivity index (χ0n) is 13.9. The van der Waals surface area contributed by atoms with E-state index in [0.717, 1.165) is 19.4 Å². The Morgan fingerprint density at radius 1 is 1.43 bits per heavy atom. The molecule has 1 fully saturated rings. The molecule has 2 heterocycles. The zero-order chi connectivity index (χ0) is 16.5. The molecule has 2 rings (SSSR count). The van der Waals surface area contributed by atoms with Gasteiger partial charge in [-0.05, 0) is 32.4 Å². The SMILES string of the molecule is CC1NCCCC1NS(=O)(=O)c1cc(C(=O)N(C)C)n(C)c1.Cl. The lowest BCUT2D eigenvalue weighted by atomic mass is 10.0. The van der Waals surface area contributed by atoms with Crippen molar-refractivity contribution in [2.75, 3.05) is 20.6 Å². The van der Waals surface area contributed by atoms with Crippen LogP contribution in [0.2, 0.25) is 0 Å². The number of halogens is 1. The van der Waals surface area contributed by atoms with Gasteiger partial charge in [-0.1, -0.05) is 0 Å². The molecule has 0 saturated carbocycles. The fraction of sp³-hybridized carbons (Fsp3) is 0.643.